The van der Waals surface area contributed by atoms with Crippen LogP contribution in [-0.4, -0.2) is 35.1 Å². The molecule has 0 atom stereocenters. The number of para-hydroxylation sites is 1. The van der Waals surface area contributed by atoms with E-state index in [2.05, 4.69) is 25.7 Å². The number of hydrogen-bond donors (Lipinski definition) is 2. The van der Waals surface area contributed by atoms with Gasteiger partial charge in [0.25, 0.3) is 5.56 Å². The summed E-state index contributed by atoms with van der Waals surface area (Å²) >= 11 is 0. The lowest BCUT2D eigenvalue weighted by Crippen LogP contribution is -2.10. The van der Waals surface area contributed by atoms with Crippen LogP contribution in [0.3, 0.4) is 0 Å². The van der Waals surface area contributed by atoms with Crippen LogP contribution in [0.5, 0.6) is 11.5 Å². The molecule has 0 bridgehead atoms. The minimum absolute atomic E-state index is 0.152. The molecule has 0 saturated carbocycles. The molecule has 0 fully saturated rings. The Morgan fingerprint density at radius 1 is 1.48 bits per heavy atom. The second-order valence-electron chi connectivity index (χ2n) is 3.86. The number of aromatic nitrogens is 3. The van der Waals surface area contributed by atoms with Gasteiger partial charge in [0.1, 0.15) is 6.20 Å². The Labute approximate surface area is 120 Å². The highest BCUT2D eigenvalue weighted by Gasteiger charge is 2.08. The number of H-pyrrole nitrogens is 1. The molecule has 21 heavy (non-hydrogen) atoms. The zero-order valence-electron chi connectivity index (χ0n) is 11.7. The van der Waals surface area contributed by atoms with E-state index in [1.807, 2.05) is 19.1 Å². The van der Waals surface area contributed by atoms with E-state index >= 15 is 0 Å². The van der Waals surface area contributed by atoms with E-state index in [1.165, 1.54) is 0 Å². The van der Waals surface area contributed by atoms with Crippen molar-refractivity contribution in [2.45, 2.75) is 6.92 Å². The largest absolute Gasteiger partial charge is 0.493 e. The van der Waals surface area contributed by atoms with Crippen LogP contribution in [0.1, 0.15) is 12.5 Å². The maximum atomic E-state index is 11.1. The predicted octanol–water partition coefficient (Wildman–Crippen LogP) is 1.02. The third-order valence-electron chi connectivity index (χ3n) is 2.47. The van der Waals surface area contributed by atoms with Gasteiger partial charge in [-0.2, -0.15) is 5.10 Å². The molecule has 1 heterocycles. The zero-order valence-corrected chi connectivity index (χ0v) is 11.7. The van der Waals surface area contributed by atoms with Crippen molar-refractivity contribution in [2.24, 2.45) is 5.10 Å². The Morgan fingerprint density at radius 2 is 2.33 bits per heavy atom. The monoisotopic (exact) mass is 289 g/mol. The number of rotatable bonds is 6. The third-order valence-corrected chi connectivity index (χ3v) is 2.47. The molecule has 2 N–H and O–H groups in total. The summed E-state index contributed by atoms with van der Waals surface area (Å²) in [6.07, 6.45) is 2.62. The van der Waals surface area contributed by atoms with Crippen molar-refractivity contribution in [1.82, 2.24) is 15.2 Å². The van der Waals surface area contributed by atoms with E-state index in [-0.39, 0.29) is 11.5 Å². The van der Waals surface area contributed by atoms with Crippen molar-refractivity contribution in [2.75, 3.05) is 19.1 Å². The van der Waals surface area contributed by atoms with Crippen LogP contribution in [0.4, 0.5) is 5.95 Å². The molecule has 110 valence electrons. The van der Waals surface area contributed by atoms with Crippen molar-refractivity contribution in [3.05, 3.63) is 40.3 Å². The van der Waals surface area contributed by atoms with Crippen molar-refractivity contribution in [3.63, 3.8) is 0 Å². The molecule has 8 nitrogen and oxygen atoms in total. The predicted molar refractivity (Wildman–Crippen MR) is 78.0 cm³/mol. The molecule has 0 aliphatic carbocycles. The Bertz CT molecular complexity index is 684. The van der Waals surface area contributed by atoms with Crippen LogP contribution in [-0.2, 0) is 0 Å². The minimum Gasteiger partial charge on any atom is -0.493 e. The fourth-order valence-corrected chi connectivity index (χ4v) is 1.62. The molecule has 0 radical (unpaired) electrons. The summed E-state index contributed by atoms with van der Waals surface area (Å²) in [6, 6.07) is 5.46. The van der Waals surface area contributed by atoms with Gasteiger partial charge >= 0.3 is 0 Å². The van der Waals surface area contributed by atoms with Gasteiger partial charge in [-0.1, -0.05) is 6.07 Å². The van der Waals surface area contributed by atoms with Gasteiger partial charge in [-0.05, 0) is 19.1 Å². The van der Waals surface area contributed by atoms with Crippen LogP contribution < -0.4 is 20.5 Å². The summed E-state index contributed by atoms with van der Waals surface area (Å²) in [4.78, 5) is 13.5. The molecule has 0 unspecified atom stereocenters. The number of methoxy groups -OCH3 is 1. The van der Waals surface area contributed by atoms with Gasteiger partial charge < -0.3 is 9.47 Å². The highest BCUT2D eigenvalue weighted by atomic mass is 16.5. The van der Waals surface area contributed by atoms with Crippen molar-refractivity contribution in [1.29, 1.82) is 0 Å². The van der Waals surface area contributed by atoms with E-state index in [0.717, 1.165) is 11.8 Å². The summed E-state index contributed by atoms with van der Waals surface area (Å²) < 4.78 is 10.8. The lowest BCUT2D eigenvalue weighted by Gasteiger charge is -2.11. The molecule has 2 rings (SSSR count). The molecule has 0 spiro atoms. The summed E-state index contributed by atoms with van der Waals surface area (Å²) in [5.74, 6) is 1.37. The Hall–Kier alpha value is -2.90. The second kappa shape index (κ2) is 7.04. The Kier molecular flexibility index (Phi) is 4.86. The van der Waals surface area contributed by atoms with Gasteiger partial charge in [-0.25, -0.2) is 5.43 Å². The maximum absolute atomic E-state index is 11.1. The first-order chi connectivity index (χ1) is 10.2. The smallest absolute Gasteiger partial charge is 0.271 e. The molecule has 0 saturated heterocycles. The van der Waals surface area contributed by atoms with E-state index in [1.54, 1.807) is 19.4 Å². The van der Waals surface area contributed by atoms with Gasteiger partial charge in [0.05, 0.1) is 19.9 Å². The zero-order chi connectivity index (χ0) is 15.1. The van der Waals surface area contributed by atoms with Crippen LogP contribution in [0, 0.1) is 0 Å². The van der Waals surface area contributed by atoms with E-state index < -0.39 is 0 Å². The van der Waals surface area contributed by atoms with E-state index in [9.17, 15) is 4.79 Å². The SMILES string of the molecule is CCOc1c(/C=N/Nc2nncc(=O)[nH]2)cccc1OC. The number of anilines is 1. The topological polar surface area (TPSA) is 101 Å². The molecular weight excluding hydrogens is 274 g/mol. The number of nitrogens with zero attached hydrogens (tertiary/aromatic N) is 3. The van der Waals surface area contributed by atoms with Crippen LogP contribution in [0.2, 0.25) is 0 Å². The highest BCUT2D eigenvalue weighted by Crippen LogP contribution is 2.29. The first-order valence-electron chi connectivity index (χ1n) is 6.25. The Morgan fingerprint density at radius 3 is 3.05 bits per heavy atom. The highest BCUT2D eigenvalue weighted by molar-refractivity contribution is 5.85. The fraction of sp³-hybridized carbons (Fsp3) is 0.231. The minimum atomic E-state index is -0.362. The molecule has 0 aliphatic rings. The first-order valence-corrected chi connectivity index (χ1v) is 6.25. The number of aromatic amines is 1. The number of hydrogen-bond acceptors (Lipinski definition) is 7. The maximum Gasteiger partial charge on any atom is 0.271 e. The fourth-order valence-electron chi connectivity index (χ4n) is 1.62. The third kappa shape index (κ3) is 3.78. The van der Waals surface area contributed by atoms with Crippen LogP contribution in [0.25, 0.3) is 0 Å². The van der Waals surface area contributed by atoms with E-state index in [0.29, 0.717) is 18.1 Å². The van der Waals surface area contributed by atoms with Crippen LogP contribution in [0.15, 0.2) is 34.3 Å². The summed E-state index contributed by atoms with van der Waals surface area (Å²) in [6.45, 7) is 2.39. The summed E-state index contributed by atoms with van der Waals surface area (Å²) in [5.41, 5.74) is 2.95. The van der Waals surface area contributed by atoms with Crippen molar-refractivity contribution < 1.29 is 9.47 Å². The molecule has 8 heteroatoms. The Balaban J connectivity index is 2.18. The second-order valence-corrected chi connectivity index (χ2v) is 3.86. The molecule has 2 aromatic rings. The molecular formula is C13H15N5O3. The first kappa shape index (κ1) is 14.5. The number of nitrogens with one attached hydrogen (secondary N) is 2. The molecule has 1 aromatic heterocycles. The molecule has 0 aliphatic heterocycles. The van der Waals surface area contributed by atoms with Crippen molar-refractivity contribution >= 4 is 12.2 Å². The van der Waals surface area contributed by atoms with Gasteiger partial charge in [0, 0.05) is 5.56 Å². The van der Waals surface area contributed by atoms with Gasteiger partial charge in [0.2, 0.25) is 5.95 Å². The quantitative estimate of drug-likeness (QED) is 0.608. The summed E-state index contributed by atoms with van der Waals surface area (Å²) in [7, 11) is 1.57. The molecule has 1 aromatic carbocycles. The lowest BCUT2D eigenvalue weighted by atomic mass is 10.2. The number of ether oxygens (including phenoxy) is 2. The summed E-state index contributed by atoms with van der Waals surface area (Å²) in [5, 5.41) is 11.2. The van der Waals surface area contributed by atoms with Crippen molar-refractivity contribution in [3.8, 4) is 11.5 Å². The van der Waals surface area contributed by atoms with E-state index in [4.69, 9.17) is 9.47 Å². The normalized spacial score (nSPS) is 10.6. The lowest BCUT2D eigenvalue weighted by molar-refractivity contribution is 0.310. The van der Waals surface area contributed by atoms with Gasteiger partial charge in [0.15, 0.2) is 11.5 Å². The average molecular weight is 289 g/mol. The van der Waals surface area contributed by atoms with Crippen LogP contribution >= 0.6 is 0 Å². The number of hydrazone groups is 1. The average Bonchev–Trinajstić information content (AvgIpc) is 2.49. The van der Waals surface area contributed by atoms with Gasteiger partial charge in [-0.15, -0.1) is 10.2 Å². The number of benzene rings is 1. The standard InChI is InChI=1S/C13H15N5O3/c1-3-21-12-9(5-4-6-10(12)20-2)7-14-17-13-16-11(19)8-15-18-13/h4-8H,3H2,1-2H3,(H2,16,17,18,19)/b14-7+. The van der Waals surface area contributed by atoms with Gasteiger partial charge in [-0.3, -0.25) is 9.78 Å². The molecule has 0 amide bonds.